The van der Waals surface area contributed by atoms with Gasteiger partial charge in [0.15, 0.2) is 0 Å². The van der Waals surface area contributed by atoms with Gasteiger partial charge < -0.3 is 0 Å². The summed E-state index contributed by atoms with van der Waals surface area (Å²) in [5.74, 6) is 0. The van der Waals surface area contributed by atoms with Crippen LogP contribution in [0.5, 0.6) is 0 Å². The second-order valence-corrected chi connectivity index (χ2v) is 3.76. The summed E-state index contributed by atoms with van der Waals surface area (Å²) in [7, 11) is 2.12. The van der Waals surface area contributed by atoms with Crippen LogP contribution in [0.3, 0.4) is 0 Å². The molecule has 0 aromatic rings. The molecule has 0 amide bonds. The third kappa shape index (κ3) is 4.83. The molecule has 0 aliphatic rings. The fraction of sp³-hybridized carbons (Fsp3) is 1.00. The standard InChI is InChI=1S/C3H8N.Hf/c1-3-4-2;/h3H2,1-2H3;/q-1;+1. The van der Waals surface area contributed by atoms with Crippen LogP contribution in [0.25, 0.3) is 0 Å². The zero-order valence-corrected chi connectivity index (χ0v) is 7.25. The third-order valence-corrected chi connectivity index (χ3v) is 1.61. The maximum atomic E-state index is 2.26. The average molecular weight is 237 g/mol. The number of nitrogens with zero attached hydrogens (tertiary/aromatic N) is 1. The first kappa shape index (κ1) is 5.83. The number of rotatable bonds is 1. The minimum absolute atomic E-state index is 1.20. The number of hydrogen-bond donors (Lipinski definition) is 0. The molecule has 0 aromatic heterocycles. The average Bonchev–Trinajstić information content (AvgIpc) is 1.38. The van der Waals surface area contributed by atoms with E-state index in [1.54, 1.807) is 0 Å². The molecule has 0 rings (SSSR count). The molecular weight excluding hydrogens is 229 g/mol. The molecule has 0 heterocycles. The van der Waals surface area contributed by atoms with Crippen molar-refractivity contribution in [1.82, 2.24) is 2.89 Å². The van der Waals surface area contributed by atoms with Crippen molar-refractivity contribution in [2.24, 2.45) is 0 Å². The fourth-order valence-corrected chi connectivity index (χ4v) is 0. The van der Waals surface area contributed by atoms with Crippen LogP contribution in [0.1, 0.15) is 6.92 Å². The molecule has 2 heteroatoms. The van der Waals surface area contributed by atoms with E-state index < -0.39 is 0 Å². The maximum absolute atomic E-state index is 2.26. The summed E-state index contributed by atoms with van der Waals surface area (Å²) in [6.45, 7) is 3.36. The molecule has 0 aromatic carbocycles. The van der Waals surface area contributed by atoms with E-state index in [2.05, 4.69) is 16.9 Å². The molecule has 0 radical (unpaired) electrons. The summed E-state index contributed by atoms with van der Waals surface area (Å²) in [6, 6.07) is 0. The summed E-state index contributed by atoms with van der Waals surface area (Å²) >= 11 is 1.20. The first-order valence-electron chi connectivity index (χ1n) is 1.69. The summed E-state index contributed by atoms with van der Waals surface area (Å²) < 4.78 is 2.26. The Hall–Kier alpha value is 0.830. The molecule has 0 fully saturated rings. The quantitative estimate of drug-likeness (QED) is 0.596. The van der Waals surface area contributed by atoms with Crippen molar-refractivity contribution in [3.05, 3.63) is 0 Å². The van der Waals surface area contributed by atoms with Gasteiger partial charge in [-0.1, -0.05) is 0 Å². The first-order chi connectivity index (χ1) is 2.27. The van der Waals surface area contributed by atoms with E-state index in [0.29, 0.717) is 0 Å². The molecule has 0 atom stereocenters. The Morgan fingerprint density at radius 1 is 1.80 bits per heavy atom. The predicted octanol–water partition coefficient (Wildman–Crippen LogP) is 0.400. The Morgan fingerprint density at radius 3 is 2.00 bits per heavy atom. The molecular formula is C3H8HfN. The molecule has 1 nitrogen and oxygen atoms in total. The Kier molecular flexibility index (Phi) is 3.54. The van der Waals surface area contributed by atoms with Gasteiger partial charge in [0.25, 0.3) is 0 Å². The SMILES string of the molecule is CC[N](C)[Hf]. The molecule has 0 aliphatic carbocycles. The minimum atomic E-state index is 1.20. The monoisotopic (exact) mass is 238 g/mol. The van der Waals surface area contributed by atoms with Gasteiger partial charge in [0, 0.05) is 0 Å². The summed E-state index contributed by atoms with van der Waals surface area (Å²) in [5, 5.41) is 0. The van der Waals surface area contributed by atoms with Crippen molar-refractivity contribution < 1.29 is 24.7 Å². The van der Waals surface area contributed by atoms with E-state index in [-0.39, 0.29) is 0 Å². The van der Waals surface area contributed by atoms with E-state index in [0.717, 1.165) is 0 Å². The number of hydrogen-bond acceptors (Lipinski definition) is 1. The van der Waals surface area contributed by atoms with Crippen molar-refractivity contribution in [3.8, 4) is 0 Å². The van der Waals surface area contributed by atoms with Gasteiger partial charge in [0.1, 0.15) is 0 Å². The van der Waals surface area contributed by atoms with Crippen LogP contribution in [0.2, 0.25) is 0 Å². The van der Waals surface area contributed by atoms with Crippen LogP contribution in [-0.4, -0.2) is 16.5 Å². The van der Waals surface area contributed by atoms with Gasteiger partial charge in [0.05, 0.1) is 0 Å². The molecule has 0 spiro atoms. The van der Waals surface area contributed by atoms with Crippen molar-refractivity contribution >= 4 is 0 Å². The topological polar surface area (TPSA) is 3.24 Å². The van der Waals surface area contributed by atoms with E-state index in [9.17, 15) is 0 Å². The van der Waals surface area contributed by atoms with Crippen LogP contribution in [-0.2, 0) is 24.7 Å². The Morgan fingerprint density at radius 2 is 2.00 bits per heavy atom. The first-order valence-corrected chi connectivity index (χ1v) is 3.30. The van der Waals surface area contributed by atoms with Gasteiger partial charge in [-0.25, -0.2) is 0 Å². The van der Waals surface area contributed by atoms with Crippen molar-refractivity contribution in [2.75, 3.05) is 13.6 Å². The molecule has 5 heavy (non-hydrogen) atoms. The van der Waals surface area contributed by atoms with Crippen LogP contribution in [0.15, 0.2) is 0 Å². The van der Waals surface area contributed by atoms with Crippen LogP contribution < -0.4 is 0 Å². The normalized spacial score (nSPS) is 9.20. The van der Waals surface area contributed by atoms with Crippen molar-refractivity contribution in [2.45, 2.75) is 6.92 Å². The zero-order chi connectivity index (χ0) is 4.28. The van der Waals surface area contributed by atoms with Crippen molar-refractivity contribution in [1.29, 1.82) is 0 Å². The molecule has 29 valence electrons. The Balaban J connectivity index is 2.54. The summed E-state index contributed by atoms with van der Waals surface area (Å²) in [4.78, 5) is 0. The molecule has 0 N–H and O–H groups in total. The van der Waals surface area contributed by atoms with Crippen LogP contribution >= 0.6 is 0 Å². The predicted molar refractivity (Wildman–Crippen MR) is 18.3 cm³/mol. The molecule has 0 saturated carbocycles. The van der Waals surface area contributed by atoms with Gasteiger partial charge >= 0.3 is 48.1 Å². The zero-order valence-electron chi connectivity index (χ0n) is 3.65. The van der Waals surface area contributed by atoms with E-state index in [1.807, 2.05) is 0 Å². The third-order valence-electron chi connectivity index (χ3n) is 0.474. The van der Waals surface area contributed by atoms with Gasteiger partial charge in [-0.2, -0.15) is 0 Å². The van der Waals surface area contributed by atoms with E-state index >= 15 is 0 Å². The van der Waals surface area contributed by atoms with E-state index in [4.69, 9.17) is 0 Å². The summed E-state index contributed by atoms with van der Waals surface area (Å²) in [5.41, 5.74) is 0. The van der Waals surface area contributed by atoms with Gasteiger partial charge in [-0.05, 0) is 0 Å². The van der Waals surface area contributed by atoms with Gasteiger partial charge in [-0.15, -0.1) is 0 Å². The second-order valence-electron chi connectivity index (χ2n) is 1.01. The Labute approximate surface area is 48.3 Å². The second kappa shape index (κ2) is 3.04. The fourth-order valence-electron chi connectivity index (χ4n) is 0. The van der Waals surface area contributed by atoms with Crippen LogP contribution in [0, 0.1) is 0 Å². The molecule has 0 unspecified atom stereocenters. The molecule has 0 saturated heterocycles. The van der Waals surface area contributed by atoms with Gasteiger partial charge in [-0.3, -0.25) is 0 Å². The van der Waals surface area contributed by atoms with Crippen LogP contribution in [0.4, 0.5) is 0 Å². The molecule has 0 bridgehead atoms. The Bertz CT molecular complexity index is 20.9. The molecule has 0 aliphatic heterocycles. The van der Waals surface area contributed by atoms with E-state index in [1.165, 1.54) is 31.2 Å². The van der Waals surface area contributed by atoms with Crippen molar-refractivity contribution in [3.63, 3.8) is 0 Å². The van der Waals surface area contributed by atoms with Gasteiger partial charge in [0.2, 0.25) is 0 Å². The summed E-state index contributed by atoms with van der Waals surface area (Å²) in [6.07, 6.45) is 0.